The van der Waals surface area contributed by atoms with Crippen LogP contribution in [0.25, 0.3) is 0 Å². The van der Waals surface area contributed by atoms with Gasteiger partial charge in [0.25, 0.3) is 5.91 Å². The van der Waals surface area contributed by atoms with Crippen molar-refractivity contribution in [3.05, 3.63) is 29.6 Å². The molecule has 110 valence electrons. The zero-order chi connectivity index (χ0) is 14.4. The standard InChI is InChI=1S/C15H21FN2O2/c1-2-18-15(19)10-20-12-3-4-13(14(16)9-12)11-5-7-17-8-6-11/h3-4,9,11,17H,2,5-8,10H2,1H3,(H,18,19). The highest BCUT2D eigenvalue weighted by atomic mass is 19.1. The number of likely N-dealkylation sites (N-methyl/N-ethyl adjacent to an activating group) is 1. The third-order valence-corrected chi connectivity index (χ3v) is 3.49. The Balaban J connectivity index is 1.96. The third kappa shape index (κ3) is 3.93. The quantitative estimate of drug-likeness (QED) is 0.865. The van der Waals surface area contributed by atoms with E-state index in [0.29, 0.717) is 12.3 Å². The number of amides is 1. The summed E-state index contributed by atoms with van der Waals surface area (Å²) in [4.78, 5) is 11.3. The minimum atomic E-state index is -0.245. The number of benzene rings is 1. The number of carbonyl (C=O) groups is 1. The van der Waals surface area contributed by atoms with Crippen LogP contribution in [0.2, 0.25) is 0 Å². The molecule has 1 fully saturated rings. The van der Waals surface area contributed by atoms with E-state index < -0.39 is 0 Å². The molecule has 0 atom stereocenters. The molecule has 0 aromatic heterocycles. The first kappa shape index (κ1) is 14.8. The Hall–Kier alpha value is -1.62. The molecule has 5 heteroatoms. The van der Waals surface area contributed by atoms with E-state index in [4.69, 9.17) is 4.74 Å². The molecule has 1 aliphatic rings. The van der Waals surface area contributed by atoms with E-state index >= 15 is 0 Å². The van der Waals surface area contributed by atoms with Gasteiger partial charge in [0.15, 0.2) is 6.61 Å². The fraction of sp³-hybridized carbons (Fsp3) is 0.533. The van der Waals surface area contributed by atoms with Gasteiger partial charge in [-0.15, -0.1) is 0 Å². The van der Waals surface area contributed by atoms with Gasteiger partial charge in [-0.05, 0) is 50.4 Å². The monoisotopic (exact) mass is 280 g/mol. The molecule has 0 bridgehead atoms. The molecule has 2 rings (SSSR count). The fourth-order valence-corrected chi connectivity index (χ4v) is 2.46. The summed E-state index contributed by atoms with van der Waals surface area (Å²) < 4.78 is 19.4. The van der Waals surface area contributed by atoms with Crippen molar-refractivity contribution in [2.45, 2.75) is 25.7 Å². The van der Waals surface area contributed by atoms with E-state index in [-0.39, 0.29) is 24.2 Å². The van der Waals surface area contributed by atoms with Crippen molar-refractivity contribution < 1.29 is 13.9 Å². The molecular formula is C15H21FN2O2. The highest BCUT2D eigenvalue weighted by molar-refractivity contribution is 5.77. The van der Waals surface area contributed by atoms with Crippen LogP contribution in [0, 0.1) is 5.82 Å². The number of piperidine rings is 1. The summed E-state index contributed by atoms with van der Waals surface area (Å²) in [5.41, 5.74) is 0.747. The molecule has 20 heavy (non-hydrogen) atoms. The van der Waals surface area contributed by atoms with Crippen LogP contribution in [0.5, 0.6) is 5.75 Å². The Kier molecular flexibility index (Phi) is 5.35. The number of hydrogen-bond acceptors (Lipinski definition) is 3. The maximum absolute atomic E-state index is 14.1. The molecular weight excluding hydrogens is 259 g/mol. The van der Waals surface area contributed by atoms with Gasteiger partial charge in [-0.2, -0.15) is 0 Å². The second kappa shape index (κ2) is 7.24. The van der Waals surface area contributed by atoms with Crippen LogP contribution in [0.1, 0.15) is 31.2 Å². The summed E-state index contributed by atoms with van der Waals surface area (Å²) in [6, 6.07) is 4.88. The predicted octanol–water partition coefficient (Wildman–Crippen LogP) is 1.81. The van der Waals surface area contributed by atoms with E-state index in [1.54, 1.807) is 12.1 Å². The lowest BCUT2D eigenvalue weighted by Crippen LogP contribution is -2.28. The summed E-state index contributed by atoms with van der Waals surface area (Å²) >= 11 is 0. The lowest BCUT2D eigenvalue weighted by Gasteiger charge is -2.23. The van der Waals surface area contributed by atoms with Crippen LogP contribution in [-0.2, 0) is 4.79 Å². The maximum Gasteiger partial charge on any atom is 0.257 e. The summed E-state index contributed by atoms with van der Waals surface area (Å²) in [5, 5.41) is 5.90. The van der Waals surface area contributed by atoms with Crippen LogP contribution in [0.3, 0.4) is 0 Å². The normalized spacial score (nSPS) is 15.9. The second-order valence-electron chi connectivity index (χ2n) is 4.95. The fourth-order valence-electron chi connectivity index (χ4n) is 2.46. The first-order valence-electron chi connectivity index (χ1n) is 7.10. The molecule has 0 aliphatic carbocycles. The van der Waals surface area contributed by atoms with Crippen LogP contribution in [0.15, 0.2) is 18.2 Å². The molecule has 1 saturated heterocycles. The van der Waals surface area contributed by atoms with Gasteiger partial charge in [-0.25, -0.2) is 4.39 Å². The SMILES string of the molecule is CCNC(=O)COc1ccc(C2CCNCC2)c(F)c1. The lowest BCUT2D eigenvalue weighted by atomic mass is 9.90. The average Bonchev–Trinajstić information content (AvgIpc) is 2.46. The third-order valence-electron chi connectivity index (χ3n) is 3.49. The van der Waals surface area contributed by atoms with Crippen molar-refractivity contribution >= 4 is 5.91 Å². The lowest BCUT2D eigenvalue weighted by molar-refractivity contribution is -0.122. The van der Waals surface area contributed by atoms with Crippen LogP contribution in [-0.4, -0.2) is 32.1 Å². The van der Waals surface area contributed by atoms with Crippen LogP contribution >= 0.6 is 0 Å². The van der Waals surface area contributed by atoms with E-state index in [9.17, 15) is 9.18 Å². The molecule has 0 unspecified atom stereocenters. The first-order valence-corrected chi connectivity index (χ1v) is 7.10. The number of rotatable bonds is 5. The highest BCUT2D eigenvalue weighted by Gasteiger charge is 2.18. The van der Waals surface area contributed by atoms with Crippen molar-refractivity contribution in [3.8, 4) is 5.75 Å². The molecule has 0 spiro atoms. The van der Waals surface area contributed by atoms with Crippen molar-refractivity contribution in [1.82, 2.24) is 10.6 Å². The van der Waals surface area contributed by atoms with Gasteiger partial charge in [-0.1, -0.05) is 6.07 Å². The van der Waals surface area contributed by atoms with E-state index in [2.05, 4.69) is 10.6 Å². The minimum Gasteiger partial charge on any atom is -0.484 e. The molecule has 1 heterocycles. The summed E-state index contributed by atoms with van der Waals surface area (Å²) in [7, 11) is 0. The molecule has 4 nitrogen and oxygen atoms in total. The number of hydrogen-bond donors (Lipinski definition) is 2. The second-order valence-corrected chi connectivity index (χ2v) is 4.95. The molecule has 2 N–H and O–H groups in total. The number of halogens is 1. The summed E-state index contributed by atoms with van der Waals surface area (Å²) in [6.45, 7) is 4.18. The van der Waals surface area contributed by atoms with Crippen molar-refractivity contribution in [3.63, 3.8) is 0 Å². The first-order chi connectivity index (χ1) is 9.70. The van der Waals surface area contributed by atoms with Crippen molar-refractivity contribution in [2.75, 3.05) is 26.2 Å². The topological polar surface area (TPSA) is 50.4 Å². The Morgan fingerprint density at radius 3 is 2.85 bits per heavy atom. The van der Waals surface area contributed by atoms with Crippen molar-refractivity contribution in [1.29, 1.82) is 0 Å². The van der Waals surface area contributed by atoms with E-state index in [1.807, 2.05) is 6.92 Å². The van der Waals surface area contributed by atoms with E-state index in [0.717, 1.165) is 31.5 Å². The molecule has 0 saturated carbocycles. The van der Waals surface area contributed by atoms with Gasteiger partial charge >= 0.3 is 0 Å². The largest absolute Gasteiger partial charge is 0.484 e. The molecule has 1 aromatic rings. The maximum atomic E-state index is 14.1. The van der Waals surface area contributed by atoms with Gasteiger partial charge in [-0.3, -0.25) is 4.79 Å². The van der Waals surface area contributed by atoms with Gasteiger partial charge in [0.2, 0.25) is 0 Å². The van der Waals surface area contributed by atoms with Gasteiger partial charge in [0.1, 0.15) is 11.6 Å². The summed E-state index contributed by atoms with van der Waals surface area (Å²) in [5.74, 6) is 0.223. The van der Waals surface area contributed by atoms with Gasteiger partial charge in [0.05, 0.1) is 0 Å². The van der Waals surface area contributed by atoms with Gasteiger partial charge < -0.3 is 15.4 Å². The number of ether oxygens (including phenoxy) is 1. The predicted molar refractivity (Wildman–Crippen MR) is 75.4 cm³/mol. The molecule has 1 aromatic carbocycles. The van der Waals surface area contributed by atoms with Crippen molar-refractivity contribution in [2.24, 2.45) is 0 Å². The molecule has 1 aliphatic heterocycles. The average molecular weight is 280 g/mol. The number of carbonyl (C=O) groups excluding carboxylic acids is 1. The molecule has 1 amide bonds. The highest BCUT2D eigenvalue weighted by Crippen LogP contribution is 2.29. The Bertz CT molecular complexity index is 459. The van der Waals surface area contributed by atoms with Crippen LogP contribution < -0.4 is 15.4 Å². The smallest absolute Gasteiger partial charge is 0.257 e. The minimum absolute atomic E-state index is 0.0834. The molecule has 0 radical (unpaired) electrons. The van der Waals surface area contributed by atoms with E-state index in [1.165, 1.54) is 6.07 Å². The summed E-state index contributed by atoms with van der Waals surface area (Å²) in [6.07, 6.45) is 1.91. The van der Waals surface area contributed by atoms with Crippen LogP contribution in [0.4, 0.5) is 4.39 Å². The Morgan fingerprint density at radius 1 is 1.45 bits per heavy atom. The zero-order valence-electron chi connectivity index (χ0n) is 11.7. The zero-order valence-corrected chi connectivity index (χ0v) is 11.7. The number of nitrogens with one attached hydrogen (secondary N) is 2. The van der Waals surface area contributed by atoms with Gasteiger partial charge in [0, 0.05) is 12.6 Å². The Labute approximate surface area is 118 Å². The Morgan fingerprint density at radius 2 is 2.20 bits per heavy atom.